The first kappa shape index (κ1) is 21.8. The molecule has 0 aromatic heterocycles. The third kappa shape index (κ3) is 4.60. The van der Waals surface area contributed by atoms with E-state index in [0.717, 1.165) is 37.3 Å². The number of phenols is 1. The van der Waals surface area contributed by atoms with Crippen molar-refractivity contribution in [3.8, 4) is 28.0 Å². The lowest BCUT2D eigenvalue weighted by molar-refractivity contribution is -0.114. The molecule has 0 spiro atoms. The number of carbonyl (C=O) groups excluding carboxylic acids is 1. The Hall–Kier alpha value is -3.38. The number of nitrogens with zero attached hydrogens (tertiary/aromatic N) is 1. The van der Waals surface area contributed by atoms with Crippen molar-refractivity contribution in [1.29, 1.82) is 0 Å². The van der Waals surface area contributed by atoms with Crippen LogP contribution in [0.5, 0.6) is 5.75 Å². The Balaban J connectivity index is 1.66. The van der Waals surface area contributed by atoms with Crippen LogP contribution in [0, 0.1) is 5.82 Å². The van der Waals surface area contributed by atoms with Gasteiger partial charge in [-0.05, 0) is 41.8 Å². The lowest BCUT2D eigenvalue weighted by Gasteiger charge is -2.35. The number of carbonyl (C=O) groups is 1. The molecule has 6 heteroatoms. The first-order valence-corrected chi connectivity index (χ1v) is 10.9. The zero-order valence-electron chi connectivity index (χ0n) is 18.4. The summed E-state index contributed by atoms with van der Waals surface area (Å²) in [7, 11) is 0. The van der Waals surface area contributed by atoms with E-state index in [1.165, 1.54) is 19.1 Å². The Bertz CT molecular complexity index is 1130. The van der Waals surface area contributed by atoms with E-state index in [-0.39, 0.29) is 17.3 Å². The SMILES string of the molecule is CC[C@H]1CN(c2cccc(-c3cccc(-c4ccc(NC(C)=O)c(F)c4)c3O)c2)CCN1. The van der Waals surface area contributed by atoms with Gasteiger partial charge in [0.1, 0.15) is 11.6 Å². The van der Waals surface area contributed by atoms with Crippen LogP contribution in [0.3, 0.4) is 0 Å². The number of aromatic hydroxyl groups is 1. The van der Waals surface area contributed by atoms with Crippen LogP contribution in [-0.2, 0) is 4.79 Å². The highest BCUT2D eigenvalue weighted by molar-refractivity contribution is 5.89. The van der Waals surface area contributed by atoms with Crippen LogP contribution in [0.2, 0.25) is 0 Å². The van der Waals surface area contributed by atoms with Crippen molar-refractivity contribution in [3.63, 3.8) is 0 Å². The standard InChI is InChI=1S/C26H28FN3O2/c1-3-20-16-30(13-12-28-20)21-7-4-6-18(14-21)22-8-5-9-23(26(22)32)19-10-11-25(24(27)15-19)29-17(2)31/h4-11,14-15,20,28,32H,3,12-13,16H2,1-2H3,(H,29,31)/t20-/m0/s1. The number of anilines is 2. The number of phenolic OH excluding ortho intramolecular Hbond substituents is 1. The van der Waals surface area contributed by atoms with E-state index in [0.29, 0.717) is 22.7 Å². The van der Waals surface area contributed by atoms with Gasteiger partial charge in [-0.1, -0.05) is 43.3 Å². The van der Waals surface area contributed by atoms with Crippen molar-refractivity contribution in [2.75, 3.05) is 29.9 Å². The van der Waals surface area contributed by atoms with Gasteiger partial charge in [-0.3, -0.25) is 4.79 Å². The van der Waals surface area contributed by atoms with Crippen LogP contribution in [0.15, 0.2) is 60.7 Å². The number of benzene rings is 3. The summed E-state index contributed by atoms with van der Waals surface area (Å²) in [4.78, 5) is 13.6. The molecule has 1 heterocycles. The number of rotatable bonds is 5. The Labute approximate surface area is 187 Å². The molecule has 1 aliphatic heterocycles. The first-order chi connectivity index (χ1) is 15.5. The van der Waals surface area contributed by atoms with E-state index in [4.69, 9.17) is 0 Å². The molecule has 3 aromatic rings. The van der Waals surface area contributed by atoms with Gasteiger partial charge in [-0.25, -0.2) is 4.39 Å². The summed E-state index contributed by atoms with van der Waals surface area (Å²) in [6.45, 7) is 6.35. The number of amides is 1. The molecular weight excluding hydrogens is 405 g/mol. The van der Waals surface area contributed by atoms with Crippen molar-refractivity contribution in [3.05, 3.63) is 66.5 Å². The van der Waals surface area contributed by atoms with Gasteiger partial charge in [0.2, 0.25) is 5.91 Å². The van der Waals surface area contributed by atoms with Crippen LogP contribution >= 0.6 is 0 Å². The minimum absolute atomic E-state index is 0.100. The van der Waals surface area contributed by atoms with Crippen molar-refractivity contribution in [2.24, 2.45) is 0 Å². The summed E-state index contributed by atoms with van der Waals surface area (Å²) < 4.78 is 14.5. The molecular formula is C26H28FN3O2. The lowest BCUT2D eigenvalue weighted by Crippen LogP contribution is -2.50. The quantitative estimate of drug-likeness (QED) is 0.529. The zero-order chi connectivity index (χ0) is 22.7. The number of piperazine rings is 1. The highest BCUT2D eigenvalue weighted by atomic mass is 19.1. The summed E-state index contributed by atoms with van der Waals surface area (Å²) in [5.41, 5.74) is 3.92. The smallest absolute Gasteiger partial charge is 0.221 e. The Morgan fingerprint density at radius 1 is 1.12 bits per heavy atom. The average Bonchev–Trinajstić information content (AvgIpc) is 2.80. The molecule has 1 saturated heterocycles. The van der Waals surface area contributed by atoms with Crippen LogP contribution in [0.25, 0.3) is 22.3 Å². The second kappa shape index (κ2) is 9.40. The predicted molar refractivity (Wildman–Crippen MR) is 128 cm³/mol. The van der Waals surface area contributed by atoms with E-state index >= 15 is 0 Å². The van der Waals surface area contributed by atoms with Crippen molar-refractivity contribution in [2.45, 2.75) is 26.3 Å². The molecule has 1 fully saturated rings. The van der Waals surface area contributed by atoms with Crippen molar-refractivity contribution >= 4 is 17.3 Å². The number of halogens is 1. The normalized spacial score (nSPS) is 16.1. The highest BCUT2D eigenvalue weighted by Crippen LogP contribution is 2.39. The molecule has 1 aliphatic rings. The Morgan fingerprint density at radius 3 is 2.53 bits per heavy atom. The summed E-state index contributed by atoms with van der Waals surface area (Å²) in [5, 5.41) is 17.1. The van der Waals surface area contributed by atoms with Gasteiger partial charge in [-0.15, -0.1) is 0 Å². The fraction of sp³-hybridized carbons (Fsp3) is 0.269. The summed E-state index contributed by atoms with van der Waals surface area (Å²) >= 11 is 0. The Kier molecular flexibility index (Phi) is 6.42. The summed E-state index contributed by atoms with van der Waals surface area (Å²) in [6.07, 6.45) is 1.08. The molecule has 32 heavy (non-hydrogen) atoms. The van der Waals surface area contributed by atoms with Gasteiger partial charge in [0.05, 0.1) is 5.69 Å². The average molecular weight is 434 g/mol. The van der Waals surface area contributed by atoms with Gasteiger partial charge in [0.15, 0.2) is 0 Å². The zero-order valence-corrected chi connectivity index (χ0v) is 18.4. The molecule has 3 N–H and O–H groups in total. The minimum atomic E-state index is -0.548. The monoisotopic (exact) mass is 433 g/mol. The number of nitrogens with one attached hydrogen (secondary N) is 2. The van der Waals surface area contributed by atoms with Gasteiger partial charge >= 0.3 is 0 Å². The molecule has 0 unspecified atom stereocenters. The van der Waals surface area contributed by atoms with Crippen LogP contribution < -0.4 is 15.5 Å². The van der Waals surface area contributed by atoms with E-state index in [1.54, 1.807) is 12.1 Å². The third-order valence-corrected chi connectivity index (χ3v) is 5.90. The van der Waals surface area contributed by atoms with Gasteiger partial charge in [0, 0.05) is 49.4 Å². The molecule has 1 amide bonds. The molecule has 4 rings (SSSR count). The van der Waals surface area contributed by atoms with Crippen molar-refractivity contribution < 1.29 is 14.3 Å². The fourth-order valence-corrected chi connectivity index (χ4v) is 4.19. The van der Waals surface area contributed by atoms with E-state index in [1.807, 2.05) is 24.3 Å². The first-order valence-electron chi connectivity index (χ1n) is 10.9. The second-order valence-corrected chi connectivity index (χ2v) is 8.13. The van der Waals surface area contributed by atoms with E-state index in [2.05, 4.69) is 34.6 Å². The predicted octanol–water partition coefficient (Wildman–Crippen LogP) is 5.01. The number of hydrogen-bond acceptors (Lipinski definition) is 4. The number of para-hydroxylation sites is 1. The van der Waals surface area contributed by atoms with Crippen LogP contribution in [0.1, 0.15) is 20.3 Å². The second-order valence-electron chi connectivity index (χ2n) is 8.13. The van der Waals surface area contributed by atoms with Gasteiger partial charge in [-0.2, -0.15) is 0 Å². The maximum Gasteiger partial charge on any atom is 0.221 e. The largest absolute Gasteiger partial charge is 0.507 e. The van der Waals surface area contributed by atoms with E-state index in [9.17, 15) is 14.3 Å². The number of hydrogen-bond donors (Lipinski definition) is 3. The molecule has 5 nitrogen and oxygen atoms in total. The third-order valence-electron chi connectivity index (χ3n) is 5.90. The van der Waals surface area contributed by atoms with Gasteiger partial charge < -0.3 is 20.6 Å². The maximum atomic E-state index is 14.5. The molecule has 3 aromatic carbocycles. The lowest BCUT2D eigenvalue weighted by atomic mass is 9.96. The maximum absolute atomic E-state index is 14.5. The van der Waals surface area contributed by atoms with Crippen molar-refractivity contribution in [1.82, 2.24) is 5.32 Å². The van der Waals surface area contributed by atoms with Crippen LogP contribution in [0.4, 0.5) is 15.8 Å². The fourth-order valence-electron chi connectivity index (χ4n) is 4.19. The summed E-state index contributed by atoms with van der Waals surface area (Å²) in [5.74, 6) is -0.784. The molecule has 0 bridgehead atoms. The van der Waals surface area contributed by atoms with Crippen LogP contribution in [-0.4, -0.2) is 36.7 Å². The molecule has 0 aliphatic carbocycles. The minimum Gasteiger partial charge on any atom is -0.507 e. The molecule has 0 radical (unpaired) electrons. The molecule has 1 atom stereocenters. The Morgan fingerprint density at radius 2 is 1.84 bits per heavy atom. The summed E-state index contributed by atoms with van der Waals surface area (Å²) in [6, 6.07) is 18.6. The topological polar surface area (TPSA) is 64.6 Å². The molecule has 166 valence electrons. The molecule has 0 saturated carbocycles. The highest BCUT2D eigenvalue weighted by Gasteiger charge is 2.19. The van der Waals surface area contributed by atoms with E-state index < -0.39 is 5.82 Å². The van der Waals surface area contributed by atoms with Gasteiger partial charge in [0.25, 0.3) is 0 Å².